The summed E-state index contributed by atoms with van der Waals surface area (Å²) in [4.78, 5) is 0. The molecule has 0 aromatic rings. The molecule has 2 aliphatic rings. The molecule has 0 spiro atoms. The van der Waals surface area contributed by atoms with Crippen molar-refractivity contribution < 1.29 is 5.11 Å². The summed E-state index contributed by atoms with van der Waals surface area (Å²) in [5.74, 6) is 3.59. The Morgan fingerprint density at radius 2 is 2.18 bits per heavy atom. The summed E-state index contributed by atoms with van der Waals surface area (Å²) in [7, 11) is 0. The van der Waals surface area contributed by atoms with Crippen molar-refractivity contribution in [1.29, 1.82) is 0 Å². The van der Waals surface area contributed by atoms with Crippen LogP contribution in [0.15, 0.2) is 11.6 Å². The van der Waals surface area contributed by atoms with Gasteiger partial charge in [-0.15, -0.1) is 0 Å². The van der Waals surface area contributed by atoms with Crippen LogP contribution in [0.5, 0.6) is 0 Å². The van der Waals surface area contributed by atoms with E-state index in [2.05, 4.69) is 35.9 Å². The van der Waals surface area contributed by atoms with Crippen molar-refractivity contribution in [2.75, 3.05) is 11.9 Å². The molecule has 2 heteroatoms. The second-order valence-electron chi connectivity index (χ2n) is 6.11. The molecule has 1 nitrogen and oxygen atoms in total. The van der Waals surface area contributed by atoms with Crippen molar-refractivity contribution in [2.45, 2.75) is 39.5 Å². The first-order valence-electron chi connectivity index (χ1n) is 7.01. The molecule has 0 radical (unpaired) electrons. The maximum Gasteiger partial charge on any atom is 0.0470 e. The van der Waals surface area contributed by atoms with Crippen LogP contribution in [0.3, 0.4) is 0 Å². The van der Waals surface area contributed by atoms with Crippen LogP contribution < -0.4 is 0 Å². The zero-order valence-electron chi connectivity index (χ0n) is 11.0. The highest BCUT2D eigenvalue weighted by Crippen LogP contribution is 2.48. The predicted molar refractivity (Wildman–Crippen MR) is 76.2 cm³/mol. The lowest BCUT2D eigenvalue weighted by atomic mass is 9.60. The largest absolute Gasteiger partial charge is 0.396 e. The standard InChI is InChI=1S/C15H25BrO/c1-10-3-5-13-11(2)4-6-14(15(13)7-10)12(8-16)9-17/h7,11-15,17H,3-6,8-9H2,1-2H3/t11-,12+,13+,14+,15+/m1/s1. The van der Waals surface area contributed by atoms with Crippen molar-refractivity contribution in [3.8, 4) is 0 Å². The molecule has 0 saturated heterocycles. The van der Waals surface area contributed by atoms with Crippen LogP contribution in [-0.4, -0.2) is 17.0 Å². The zero-order chi connectivity index (χ0) is 12.4. The Hall–Kier alpha value is 0.180. The Balaban J connectivity index is 2.19. The Labute approximate surface area is 114 Å². The van der Waals surface area contributed by atoms with Gasteiger partial charge < -0.3 is 5.11 Å². The number of alkyl halides is 1. The fourth-order valence-electron chi connectivity index (χ4n) is 3.94. The van der Waals surface area contributed by atoms with Gasteiger partial charge in [0.1, 0.15) is 0 Å². The molecule has 98 valence electrons. The monoisotopic (exact) mass is 300 g/mol. The minimum absolute atomic E-state index is 0.334. The molecule has 1 N–H and O–H groups in total. The molecule has 0 aromatic carbocycles. The zero-order valence-corrected chi connectivity index (χ0v) is 12.6. The Bertz CT molecular complexity index is 283. The summed E-state index contributed by atoms with van der Waals surface area (Å²) in [6.07, 6.45) is 7.83. The molecule has 1 saturated carbocycles. The fraction of sp³-hybridized carbons (Fsp3) is 0.867. The van der Waals surface area contributed by atoms with Crippen molar-refractivity contribution in [1.82, 2.24) is 0 Å². The summed E-state index contributed by atoms with van der Waals surface area (Å²) in [5, 5.41) is 10.5. The van der Waals surface area contributed by atoms with Crippen molar-refractivity contribution in [3.63, 3.8) is 0 Å². The highest BCUT2D eigenvalue weighted by Gasteiger charge is 2.40. The average Bonchev–Trinajstić information content (AvgIpc) is 2.33. The van der Waals surface area contributed by atoms with Crippen molar-refractivity contribution in [3.05, 3.63) is 11.6 Å². The van der Waals surface area contributed by atoms with Gasteiger partial charge in [0.05, 0.1) is 0 Å². The minimum atomic E-state index is 0.334. The fourth-order valence-corrected chi connectivity index (χ4v) is 4.62. The SMILES string of the molecule is CC1=C[C@H]2[C@@H](CC1)[C@H](C)CC[C@H]2[C@H](CO)CBr. The van der Waals surface area contributed by atoms with Gasteiger partial charge in [-0.05, 0) is 55.8 Å². The molecule has 0 aromatic heterocycles. The lowest BCUT2D eigenvalue weighted by molar-refractivity contribution is 0.0612. The quantitative estimate of drug-likeness (QED) is 0.617. The first kappa shape index (κ1) is 13.6. The van der Waals surface area contributed by atoms with Gasteiger partial charge in [-0.3, -0.25) is 0 Å². The molecule has 1 fully saturated rings. The van der Waals surface area contributed by atoms with Crippen LogP contribution in [0.1, 0.15) is 39.5 Å². The number of fused-ring (bicyclic) bond motifs is 1. The molecule has 0 amide bonds. The molecule has 17 heavy (non-hydrogen) atoms. The van der Waals surface area contributed by atoms with E-state index in [4.69, 9.17) is 0 Å². The molecule has 0 unspecified atom stereocenters. The second kappa shape index (κ2) is 5.88. The third-order valence-electron chi connectivity index (χ3n) is 5.06. The van der Waals surface area contributed by atoms with E-state index in [9.17, 15) is 5.11 Å². The van der Waals surface area contributed by atoms with E-state index in [1.54, 1.807) is 5.57 Å². The highest BCUT2D eigenvalue weighted by molar-refractivity contribution is 9.09. The van der Waals surface area contributed by atoms with E-state index in [1.807, 2.05) is 0 Å². The Kier molecular flexibility index (Phi) is 4.71. The van der Waals surface area contributed by atoms with E-state index < -0.39 is 0 Å². The summed E-state index contributed by atoms with van der Waals surface area (Å²) in [5.41, 5.74) is 1.57. The van der Waals surface area contributed by atoms with E-state index in [1.165, 1.54) is 25.7 Å². The third-order valence-corrected chi connectivity index (χ3v) is 5.89. The molecule has 0 heterocycles. The number of allylic oxidation sites excluding steroid dienone is 2. The number of hydrogen-bond acceptors (Lipinski definition) is 1. The number of aliphatic hydroxyl groups excluding tert-OH is 1. The Morgan fingerprint density at radius 3 is 2.82 bits per heavy atom. The van der Waals surface area contributed by atoms with Gasteiger partial charge in [0.25, 0.3) is 0 Å². The number of hydrogen-bond donors (Lipinski definition) is 1. The van der Waals surface area contributed by atoms with Gasteiger partial charge >= 0.3 is 0 Å². The molecule has 2 aliphatic carbocycles. The van der Waals surface area contributed by atoms with E-state index in [-0.39, 0.29) is 0 Å². The maximum atomic E-state index is 9.55. The van der Waals surface area contributed by atoms with Crippen LogP contribution in [-0.2, 0) is 0 Å². The Morgan fingerprint density at radius 1 is 1.41 bits per heavy atom. The highest BCUT2D eigenvalue weighted by atomic mass is 79.9. The van der Waals surface area contributed by atoms with Gasteiger partial charge in [0.15, 0.2) is 0 Å². The second-order valence-corrected chi connectivity index (χ2v) is 6.76. The van der Waals surface area contributed by atoms with E-state index in [0.717, 1.165) is 23.1 Å². The van der Waals surface area contributed by atoms with Gasteiger partial charge in [-0.2, -0.15) is 0 Å². The lowest BCUT2D eigenvalue weighted by Gasteiger charge is -2.45. The average molecular weight is 301 g/mol. The number of aliphatic hydroxyl groups is 1. The minimum Gasteiger partial charge on any atom is -0.396 e. The van der Waals surface area contributed by atoms with Crippen LogP contribution in [0.25, 0.3) is 0 Å². The maximum absolute atomic E-state index is 9.55. The van der Waals surface area contributed by atoms with Crippen LogP contribution in [0.2, 0.25) is 0 Å². The van der Waals surface area contributed by atoms with E-state index in [0.29, 0.717) is 18.4 Å². The number of halogens is 1. The first-order valence-corrected chi connectivity index (χ1v) is 8.13. The predicted octanol–water partition coefficient (Wildman–Crippen LogP) is 4.01. The van der Waals surface area contributed by atoms with Crippen LogP contribution >= 0.6 is 15.9 Å². The molecular formula is C15H25BrO. The first-order chi connectivity index (χ1) is 8.17. The summed E-state index contributed by atoms with van der Waals surface area (Å²) >= 11 is 3.58. The molecule has 5 atom stereocenters. The van der Waals surface area contributed by atoms with Gasteiger partial charge in [-0.1, -0.05) is 40.9 Å². The third kappa shape index (κ3) is 2.78. The smallest absolute Gasteiger partial charge is 0.0470 e. The summed E-state index contributed by atoms with van der Waals surface area (Å²) in [6.45, 7) is 5.03. The van der Waals surface area contributed by atoms with Crippen LogP contribution in [0.4, 0.5) is 0 Å². The van der Waals surface area contributed by atoms with Crippen molar-refractivity contribution >= 4 is 15.9 Å². The summed E-state index contributed by atoms with van der Waals surface area (Å²) in [6, 6.07) is 0. The van der Waals surface area contributed by atoms with Gasteiger partial charge in [0, 0.05) is 11.9 Å². The van der Waals surface area contributed by atoms with Gasteiger partial charge in [0.2, 0.25) is 0 Å². The summed E-state index contributed by atoms with van der Waals surface area (Å²) < 4.78 is 0. The topological polar surface area (TPSA) is 20.2 Å². The number of rotatable bonds is 3. The normalized spacial score (nSPS) is 39.4. The van der Waals surface area contributed by atoms with Crippen molar-refractivity contribution in [2.24, 2.45) is 29.6 Å². The molecule has 0 bridgehead atoms. The van der Waals surface area contributed by atoms with Crippen LogP contribution in [0, 0.1) is 29.6 Å². The van der Waals surface area contributed by atoms with E-state index >= 15 is 0 Å². The van der Waals surface area contributed by atoms with Gasteiger partial charge in [-0.25, -0.2) is 0 Å². The lowest BCUT2D eigenvalue weighted by Crippen LogP contribution is -2.39. The molecule has 2 rings (SSSR count). The molecular weight excluding hydrogens is 276 g/mol. The molecule has 0 aliphatic heterocycles.